The topological polar surface area (TPSA) is 78.7 Å². The summed E-state index contributed by atoms with van der Waals surface area (Å²) in [5.74, 6) is 0.668. The van der Waals surface area contributed by atoms with E-state index in [0.29, 0.717) is 24.1 Å². The zero-order chi connectivity index (χ0) is 20.0. The lowest BCUT2D eigenvalue weighted by atomic mass is 10.2. The van der Waals surface area contributed by atoms with Crippen LogP contribution in [-0.4, -0.2) is 51.0 Å². The first-order chi connectivity index (χ1) is 12.7. The Morgan fingerprint density at radius 1 is 1.25 bits per heavy atom. The maximum Gasteiger partial charge on any atom is 0.240 e. The summed E-state index contributed by atoms with van der Waals surface area (Å²) < 4.78 is 29.1. The van der Waals surface area contributed by atoms with E-state index in [0.717, 1.165) is 11.3 Å². The molecule has 0 atom stereocenters. The van der Waals surface area contributed by atoms with Crippen molar-refractivity contribution in [1.82, 2.24) is 19.5 Å². The van der Waals surface area contributed by atoms with E-state index < -0.39 is 10.0 Å². The molecule has 28 heavy (non-hydrogen) atoms. The Morgan fingerprint density at radius 3 is 2.43 bits per heavy atom. The number of benzene rings is 1. The Labute approximate surface area is 189 Å². The van der Waals surface area contributed by atoms with E-state index in [1.165, 1.54) is 0 Å². The third kappa shape index (κ3) is 6.94. The predicted molar refractivity (Wildman–Crippen MR) is 125 cm³/mol. The normalized spacial score (nSPS) is 11.8. The highest BCUT2D eigenvalue weighted by molar-refractivity contribution is 14.0. The molecule has 0 fully saturated rings. The van der Waals surface area contributed by atoms with Crippen LogP contribution < -0.4 is 10.0 Å². The molecule has 2 N–H and O–H groups in total. The van der Waals surface area contributed by atoms with Gasteiger partial charge in [-0.1, -0.05) is 29.3 Å². The van der Waals surface area contributed by atoms with Gasteiger partial charge in [-0.3, -0.25) is 4.99 Å². The summed E-state index contributed by atoms with van der Waals surface area (Å²) in [6, 6.07) is 8.66. The molecule has 0 radical (unpaired) electrons. The molecule has 0 bridgehead atoms. The lowest BCUT2D eigenvalue weighted by molar-refractivity contribution is 0.462. The van der Waals surface area contributed by atoms with E-state index in [1.54, 1.807) is 31.3 Å². The molecule has 7 nitrogen and oxygen atoms in total. The lowest BCUT2D eigenvalue weighted by Crippen LogP contribution is -2.42. The van der Waals surface area contributed by atoms with Crippen LogP contribution in [0.5, 0.6) is 0 Å². The van der Waals surface area contributed by atoms with Gasteiger partial charge in [0.05, 0.1) is 16.5 Å². The number of aryl methyl sites for hydroxylation is 2. The van der Waals surface area contributed by atoms with E-state index >= 15 is 0 Å². The van der Waals surface area contributed by atoms with Gasteiger partial charge in [0.1, 0.15) is 0 Å². The molecule has 0 aliphatic carbocycles. The van der Waals surface area contributed by atoms with Crippen LogP contribution in [0.4, 0.5) is 0 Å². The largest absolute Gasteiger partial charge is 0.355 e. The van der Waals surface area contributed by atoms with Gasteiger partial charge < -0.3 is 14.8 Å². The third-order valence-electron chi connectivity index (χ3n) is 4.08. The third-order valence-corrected chi connectivity index (χ3v) is 5.76. The number of hydrogen-bond acceptors (Lipinski definition) is 3. The fraction of sp³-hybridized carbons (Fsp3) is 0.389. The minimum atomic E-state index is -3.51. The van der Waals surface area contributed by atoms with Crippen molar-refractivity contribution in [2.24, 2.45) is 12.0 Å². The summed E-state index contributed by atoms with van der Waals surface area (Å²) in [6.07, 6.45) is 1.85. The summed E-state index contributed by atoms with van der Waals surface area (Å²) in [5, 5.41) is 3.84. The van der Waals surface area contributed by atoms with Crippen LogP contribution in [0, 0.1) is 6.92 Å². The maximum atomic E-state index is 12.3. The number of nitrogens with one attached hydrogen (secondary N) is 2. The quantitative estimate of drug-likeness (QED) is 0.245. The minimum Gasteiger partial charge on any atom is -0.355 e. The van der Waals surface area contributed by atoms with E-state index in [9.17, 15) is 8.42 Å². The number of hydrogen-bond donors (Lipinski definition) is 2. The lowest BCUT2D eigenvalue weighted by Gasteiger charge is -2.22. The Hall–Kier alpha value is -1.30. The van der Waals surface area contributed by atoms with Gasteiger partial charge >= 0.3 is 0 Å². The van der Waals surface area contributed by atoms with Crippen molar-refractivity contribution in [3.05, 3.63) is 52.8 Å². The number of aliphatic imine (C=N–C) groups is 1. The first-order valence-electron chi connectivity index (χ1n) is 8.52. The van der Waals surface area contributed by atoms with E-state index in [-0.39, 0.29) is 35.4 Å². The Balaban J connectivity index is 0.00000392. The number of aromatic nitrogens is 1. The minimum absolute atomic E-state index is 0. The Morgan fingerprint density at radius 2 is 1.89 bits per heavy atom. The number of rotatable bonds is 7. The van der Waals surface area contributed by atoms with E-state index in [4.69, 9.17) is 11.6 Å². The second-order valence-corrected chi connectivity index (χ2v) is 8.50. The zero-order valence-electron chi connectivity index (χ0n) is 16.4. The zero-order valence-corrected chi connectivity index (χ0v) is 20.3. The second kappa shape index (κ2) is 11.0. The molecular formula is C18H27ClIN5O2S. The molecule has 2 rings (SSSR count). The summed E-state index contributed by atoms with van der Waals surface area (Å²) in [4.78, 5) is 6.44. The smallest absolute Gasteiger partial charge is 0.240 e. The molecule has 2 aromatic rings. The summed E-state index contributed by atoms with van der Waals surface area (Å²) >= 11 is 6.02. The highest BCUT2D eigenvalue weighted by atomic mass is 127. The van der Waals surface area contributed by atoms with Crippen LogP contribution in [0.1, 0.15) is 11.3 Å². The van der Waals surface area contributed by atoms with Gasteiger partial charge in [0.2, 0.25) is 10.0 Å². The molecule has 1 aromatic carbocycles. The van der Waals surface area contributed by atoms with E-state index in [1.807, 2.05) is 42.7 Å². The molecular weight excluding hydrogens is 513 g/mol. The molecule has 156 valence electrons. The van der Waals surface area contributed by atoms with Gasteiger partial charge in [0.25, 0.3) is 0 Å². The fourth-order valence-electron chi connectivity index (χ4n) is 2.59. The summed E-state index contributed by atoms with van der Waals surface area (Å²) in [6.45, 7) is 3.20. The SMILES string of the molecule is CN=C(NCCNS(=O)(=O)c1ccc(C)cc1)N(C)Cc1cc(Cl)cn1C.I. The predicted octanol–water partition coefficient (Wildman–Crippen LogP) is 2.59. The average molecular weight is 540 g/mol. The standard InChI is InChI=1S/C18H26ClN5O2S.HI/c1-14-5-7-17(8-6-14)27(25,26)22-10-9-21-18(20-2)24(4)13-16-11-15(19)12-23(16)3;/h5-8,11-12,22H,9-10,13H2,1-4H3,(H,20,21);1H. The van der Waals surface area contributed by atoms with Crippen molar-refractivity contribution < 1.29 is 8.42 Å². The highest BCUT2D eigenvalue weighted by Gasteiger charge is 2.13. The van der Waals surface area contributed by atoms with Crippen LogP contribution in [0.3, 0.4) is 0 Å². The number of sulfonamides is 1. The van der Waals surface area contributed by atoms with Crippen LogP contribution in [-0.2, 0) is 23.6 Å². The van der Waals surface area contributed by atoms with Gasteiger partial charge in [0, 0.05) is 46.1 Å². The number of halogens is 2. The summed E-state index contributed by atoms with van der Waals surface area (Å²) in [7, 11) is 2.02. The van der Waals surface area contributed by atoms with Crippen molar-refractivity contribution in [3.8, 4) is 0 Å². The number of nitrogens with zero attached hydrogens (tertiary/aromatic N) is 3. The molecule has 0 aliphatic heterocycles. The summed E-state index contributed by atoms with van der Waals surface area (Å²) in [5.41, 5.74) is 2.06. The molecule has 10 heteroatoms. The molecule has 0 aliphatic rings. The van der Waals surface area contributed by atoms with Crippen LogP contribution in [0.15, 0.2) is 46.4 Å². The van der Waals surface area contributed by atoms with Crippen LogP contribution >= 0.6 is 35.6 Å². The van der Waals surface area contributed by atoms with Crippen molar-refractivity contribution in [2.45, 2.75) is 18.4 Å². The highest BCUT2D eigenvalue weighted by Crippen LogP contribution is 2.14. The Bertz CT molecular complexity index is 897. The molecule has 0 saturated carbocycles. The van der Waals surface area contributed by atoms with E-state index in [2.05, 4.69) is 15.0 Å². The molecule has 1 heterocycles. The van der Waals surface area contributed by atoms with Gasteiger partial charge in [-0.15, -0.1) is 24.0 Å². The average Bonchev–Trinajstić information content (AvgIpc) is 2.92. The molecule has 0 amide bonds. The number of guanidine groups is 1. The van der Waals surface area contributed by atoms with Gasteiger partial charge in [-0.25, -0.2) is 13.1 Å². The van der Waals surface area contributed by atoms with Gasteiger partial charge in [-0.2, -0.15) is 0 Å². The monoisotopic (exact) mass is 539 g/mol. The van der Waals surface area contributed by atoms with Crippen LogP contribution in [0.2, 0.25) is 5.02 Å². The first-order valence-corrected chi connectivity index (χ1v) is 10.4. The molecule has 0 saturated heterocycles. The van der Waals surface area contributed by atoms with Crippen molar-refractivity contribution >= 4 is 51.6 Å². The van der Waals surface area contributed by atoms with Crippen LogP contribution in [0.25, 0.3) is 0 Å². The first kappa shape index (κ1) is 24.7. The maximum absolute atomic E-state index is 12.3. The molecule has 0 unspecified atom stereocenters. The molecule has 1 aromatic heterocycles. The van der Waals surface area contributed by atoms with Gasteiger partial charge in [0.15, 0.2) is 5.96 Å². The second-order valence-electron chi connectivity index (χ2n) is 6.30. The fourth-order valence-corrected chi connectivity index (χ4v) is 3.89. The van der Waals surface area contributed by atoms with Crippen molar-refractivity contribution in [2.75, 3.05) is 27.2 Å². The van der Waals surface area contributed by atoms with Crippen molar-refractivity contribution in [1.29, 1.82) is 0 Å². The van der Waals surface area contributed by atoms with Gasteiger partial charge in [-0.05, 0) is 25.1 Å². The Kier molecular flexibility index (Phi) is 9.75. The molecule has 0 spiro atoms. The van der Waals surface area contributed by atoms with Crippen molar-refractivity contribution in [3.63, 3.8) is 0 Å².